The molecule has 3 N–H and O–H groups in total. The number of thiophene rings is 1. The second kappa shape index (κ2) is 5.29. The van der Waals surface area contributed by atoms with Crippen molar-refractivity contribution >= 4 is 28.9 Å². The van der Waals surface area contributed by atoms with E-state index < -0.39 is 0 Å². The number of nitrogens with zero attached hydrogens (tertiary/aromatic N) is 2. The fourth-order valence-electron chi connectivity index (χ4n) is 1.25. The van der Waals surface area contributed by atoms with Crippen molar-refractivity contribution in [1.82, 2.24) is 9.97 Å². The smallest absolute Gasteiger partial charge is 0.143 e. The summed E-state index contributed by atoms with van der Waals surface area (Å²) in [7, 11) is 0. The molecule has 84 valence electrons. The van der Waals surface area contributed by atoms with Crippen LogP contribution in [0.15, 0.2) is 27.8 Å². The molecule has 2 aromatic rings. The minimum Gasteiger partial charge on any atom is -0.308 e. The Hall–Kier alpha value is -1.11. The SMILES string of the molecule is Cc1cc(NN)nc(CSc2cccs2)n1. The van der Waals surface area contributed by atoms with Crippen molar-refractivity contribution in [3.8, 4) is 0 Å². The molecule has 16 heavy (non-hydrogen) atoms. The van der Waals surface area contributed by atoms with Crippen LogP contribution >= 0.6 is 23.1 Å². The van der Waals surface area contributed by atoms with Gasteiger partial charge in [-0.15, -0.1) is 23.1 Å². The minimum atomic E-state index is 0.661. The van der Waals surface area contributed by atoms with Crippen molar-refractivity contribution in [3.05, 3.63) is 35.1 Å². The number of thioether (sulfide) groups is 1. The maximum Gasteiger partial charge on any atom is 0.143 e. The van der Waals surface area contributed by atoms with Gasteiger partial charge in [-0.1, -0.05) is 6.07 Å². The van der Waals surface area contributed by atoms with Crippen LogP contribution in [0.4, 0.5) is 5.82 Å². The lowest BCUT2D eigenvalue weighted by Gasteiger charge is -2.04. The molecule has 0 aromatic carbocycles. The number of nitrogens with two attached hydrogens (primary N) is 1. The van der Waals surface area contributed by atoms with Crippen LogP contribution in [-0.2, 0) is 5.75 Å². The molecule has 4 nitrogen and oxygen atoms in total. The fraction of sp³-hybridized carbons (Fsp3) is 0.200. The molecule has 2 rings (SSSR count). The van der Waals surface area contributed by atoms with Crippen LogP contribution in [0.3, 0.4) is 0 Å². The Balaban J connectivity index is 2.06. The molecule has 0 bridgehead atoms. The van der Waals surface area contributed by atoms with Crippen molar-refractivity contribution in [1.29, 1.82) is 0 Å². The molecule has 0 unspecified atom stereocenters. The van der Waals surface area contributed by atoms with Gasteiger partial charge in [0.05, 0.1) is 9.96 Å². The molecular weight excluding hydrogens is 240 g/mol. The first-order valence-corrected chi connectivity index (χ1v) is 6.62. The van der Waals surface area contributed by atoms with Gasteiger partial charge in [0, 0.05) is 11.8 Å². The fourth-order valence-corrected chi connectivity index (χ4v) is 2.89. The second-order valence-electron chi connectivity index (χ2n) is 3.18. The van der Waals surface area contributed by atoms with E-state index in [-0.39, 0.29) is 0 Å². The minimum absolute atomic E-state index is 0.661. The van der Waals surface area contributed by atoms with Crippen LogP contribution in [0.5, 0.6) is 0 Å². The van der Waals surface area contributed by atoms with Crippen molar-refractivity contribution < 1.29 is 0 Å². The molecule has 0 saturated heterocycles. The summed E-state index contributed by atoms with van der Waals surface area (Å²) in [6.07, 6.45) is 0. The number of nitrogen functional groups attached to an aromatic ring is 1. The van der Waals surface area contributed by atoms with Gasteiger partial charge in [0.2, 0.25) is 0 Å². The number of aromatic nitrogens is 2. The van der Waals surface area contributed by atoms with Crippen molar-refractivity contribution in [2.75, 3.05) is 5.43 Å². The highest BCUT2D eigenvalue weighted by molar-refractivity contribution is 8.00. The lowest BCUT2D eigenvalue weighted by atomic mass is 10.4. The molecule has 0 fully saturated rings. The Labute approximate surface area is 102 Å². The highest BCUT2D eigenvalue weighted by Crippen LogP contribution is 2.26. The van der Waals surface area contributed by atoms with E-state index in [1.807, 2.05) is 19.1 Å². The topological polar surface area (TPSA) is 63.8 Å². The Morgan fingerprint density at radius 2 is 2.38 bits per heavy atom. The molecule has 0 saturated carbocycles. The molecule has 0 aliphatic heterocycles. The van der Waals surface area contributed by atoms with Gasteiger partial charge in [-0.25, -0.2) is 15.8 Å². The molecule has 0 radical (unpaired) electrons. The normalized spacial score (nSPS) is 10.4. The number of hydrogen-bond donors (Lipinski definition) is 2. The third-order valence-corrected chi connectivity index (χ3v) is 4.01. The first-order valence-electron chi connectivity index (χ1n) is 4.75. The molecule has 0 amide bonds. The Morgan fingerprint density at radius 3 is 3.06 bits per heavy atom. The standard InChI is InChI=1S/C10H12N4S2/c1-7-5-8(14-11)13-9(12-7)6-16-10-3-2-4-15-10/h2-5H,6,11H2,1H3,(H,12,13,14). The summed E-state index contributed by atoms with van der Waals surface area (Å²) in [6, 6.07) is 5.95. The van der Waals surface area contributed by atoms with Crippen LogP contribution in [0.1, 0.15) is 11.5 Å². The summed E-state index contributed by atoms with van der Waals surface area (Å²) >= 11 is 3.46. The third-order valence-electron chi connectivity index (χ3n) is 1.89. The highest BCUT2D eigenvalue weighted by Gasteiger charge is 2.03. The summed E-state index contributed by atoms with van der Waals surface area (Å²) in [6.45, 7) is 1.93. The van der Waals surface area contributed by atoms with Crippen LogP contribution < -0.4 is 11.3 Å². The van der Waals surface area contributed by atoms with E-state index in [4.69, 9.17) is 5.84 Å². The Morgan fingerprint density at radius 1 is 1.50 bits per heavy atom. The summed E-state index contributed by atoms with van der Waals surface area (Å²) in [5.74, 6) is 7.55. The summed E-state index contributed by atoms with van der Waals surface area (Å²) in [5.41, 5.74) is 3.46. The summed E-state index contributed by atoms with van der Waals surface area (Å²) < 4.78 is 1.27. The van der Waals surface area contributed by atoms with Gasteiger partial charge < -0.3 is 5.43 Å². The number of hydrazine groups is 1. The zero-order valence-corrected chi connectivity index (χ0v) is 10.4. The van der Waals surface area contributed by atoms with Gasteiger partial charge in [-0.3, -0.25) is 0 Å². The van der Waals surface area contributed by atoms with E-state index in [0.717, 1.165) is 17.3 Å². The van der Waals surface area contributed by atoms with Crippen LogP contribution in [0.2, 0.25) is 0 Å². The maximum atomic E-state index is 5.33. The van der Waals surface area contributed by atoms with E-state index in [9.17, 15) is 0 Å². The maximum absolute atomic E-state index is 5.33. The molecule has 0 spiro atoms. The predicted molar refractivity (Wildman–Crippen MR) is 68.5 cm³/mol. The van der Waals surface area contributed by atoms with E-state index in [1.54, 1.807) is 23.1 Å². The summed E-state index contributed by atoms with van der Waals surface area (Å²) in [4.78, 5) is 8.65. The largest absolute Gasteiger partial charge is 0.308 e. The van der Waals surface area contributed by atoms with Gasteiger partial charge in [0.25, 0.3) is 0 Å². The lowest BCUT2D eigenvalue weighted by Crippen LogP contribution is -2.10. The number of nitrogens with one attached hydrogen (secondary N) is 1. The van der Waals surface area contributed by atoms with E-state index >= 15 is 0 Å². The first kappa shape index (κ1) is 11.4. The monoisotopic (exact) mass is 252 g/mol. The molecule has 6 heteroatoms. The Bertz CT molecular complexity index is 456. The van der Waals surface area contributed by atoms with E-state index in [2.05, 4.69) is 26.8 Å². The number of rotatable bonds is 4. The van der Waals surface area contributed by atoms with Crippen molar-refractivity contribution in [2.45, 2.75) is 16.9 Å². The average molecular weight is 252 g/mol. The number of hydrogen-bond acceptors (Lipinski definition) is 6. The predicted octanol–water partition coefficient (Wildman–Crippen LogP) is 2.42. The molecule has 0 aliphatic rings. The van der Waals surface area contributed by atoms with E-state index in [0.29, 0.717) is 5.82 Å². The average Bonchev–Trinajstić information content (AvgIpc) is 2.78. The van der Waals surface area contributed by atoms with Gasteiger partial charge in [-0.2, -0.15) is 0 Å². The third kappa shape index (κ3) is 2.94. The zero-order chi connectivity index (χ0) is 11.4. The quantitative estimate of drug-likeness (QED) is 0.497. The van der Waals surface area contributed by atoms with Crippen molar-refractivity contribution in [3.63, 3.8) is 0 Å². The van der Waals surface area contributed by atoms with Crippen LogP contribution in [0, 0.1) is 6.92 Å². The number of anilines is 1. The van der Waals surface area contributed by atoms with Gasteiger partial charge in [0.15, 0.2) is 0 Å². The van der Waals surface area contributed by atoms with Crippen molar-refractivity contribution in [2.24, 2.45) is 5.84 Å². The van der Waals surface area contributed by atoms with Crippen LogP contribution in [-0.4, -0.2) is 9.97 Å². The van der Waals surface area contributed by atoms with Gasteiger partial charge in [0.1, 0.15) is 11.6 Å². The number of aryl methyl sites for hydroxylation is 1. The molecular formula is C10H12N4S2. The van der Waals surface area contributed by atoms with Crippen LogP contribution in [0.25, 0.3) is 0 Å². The van der Waals surface area contributed by atoms with E-state index in [1.165, 1.54) is 4.21 Å². The van der Waals surface area contributed by atoms with Gasteiger partial charge in [-0.05, 0) is 18.4 Å². The lowest BCUT2D eigenvalue weighted by molar-refractivity contribution is 0.991. The zero-order valence-electron chi connectivity index (χ0n) is 8.80. The first-order chi connectivity index (χ1) is 7.78. The summed E-state index contributed by atoms with van der Waals surface area (Å²) in [5, 5.41) is 2.06. The van der Waals surface area contributed by atoms with Gasteiger partial charge >= 0.3 is 0 Å². The molecule has 0 aliphatic carbocycles. The Kier molecular flexibility index (Phi) is 3.76. The second-order valence-corrected chi connectivity index (χ2v) is 5.40. The molecule has 0 atom stereocenters. The molecule has 2 heterocycles. The highest BCUT2D eigenvalue weighted by atomic mass is 32.2. The molecule has 2 aromatic heterocycles.